The minimum absolute atomic E-state index is 0.0111. The van der Waals surface area contributed by atoms with Crippen LogP contribution in [0.4, 0.5) is 20.1 Å². The molecule has 4 atom stereocenters. The number of thioether (sulfide) groups is 1. The number of hydrogen-bond acceptors (Lipinski definition) is 16. The molecule has 3 heterocycles. The molecular formula is C48H72N8O13S. The molecule has 2 saturated heterocycles. The number of aromatic nitrogens is 3. The van der Waals surface area contributed by atoms with E-state index in [1.165, 1.54) is 12.1 Å². The standard InChI is InChI=1S/C48H72N8O13S/c1-46(2,3)67-42(59)36(52-45(62)69-48(7,8)9)28-38(57)34-17-16-32(27-35(34)51-44(61)68-47(4,5)6)13-12-20-66-30-33-29-56(55-54-33)19-22-64-24-26-65-25-23-63-21-18-49-40(58)15-11-10-14-39-41-37(31-70-39)50-43(60)53-41/h16-17,27,29,36-37,39,41H,10-11,14-15,18-26,28,30-31H2,1-9H3,(H,49,58)(H,51,61)(H,52,62)(H2,50,53,60)/t36-,37-,39-,41-/m0/s1. The Hall–Kier alpha value is -5.47. The van der Waals surface area contributed by atoms with Crippen LogP contribution >= 0.6 is 11.8 Å². The highest BCUT2D eigenvalue weighted by molar-refractivity contribution is 8.00. The Kier molecular flexibility index (Phi) is 22.7. The van der Waals surface area contributed by atoms with Crippen LogP contribution in [0.15, 0.2) is 24.4 Å². The van der Waals surface area contributed by atoms with E-state index in [0.29, 0.717) is 75.7 Å². The van der Waals surface area contributed by atoms with Gasteiger partial charge in [0.1, 0.15) is 35.1 Å². The predicted octanol–water partition coefficient (Wildman–Crippen LogP) is 4.89. The second-order valence-electron chi connectivity index (χ2n) is 19.6. The second-order valence-corrected chi connectivity index (χ2v) is 20.8. The molecule has 2 aromatic rings. The van der Waals surface area contributed by atoms with Crippen LogP contribution in [0.5, 0.6) is 0 Å². The molecule has 2 aliphatic heterocycles. The van der Waals surface area contributed by atoms with Crippen LogP contribution in [0.2, 0.25) is 0 Å². The monoisotopic (exact) mass is 1000 g/mol. The summed E-state index contributed by atoms with van der Waals surface area (Å²) in [5, 5.41) is 22.5. The molecule has 0 radical (unpaired) electrons. The molecule has 5 amide bonds. The van der Waals surface area contributed by atoms with Gasteiger partial charge in [-0.05, 0) is 93.4 Å². The van der Waals surface area contributed by atoms with Gasteiger partial charge in [-0.25, -0.2) is 23.9 Å². The summed E-state index contributed by atoms with van der Waals surface area (Å²) < 4.78 is 40.3. The normalized spacial score (nSPS) is 17.0. The number of Topliss-reactive ketones (excluding diaryl/α,β-unsaturated/α-hetero) is 1. The van der Waals surface area contributed by atoms with Crippen molar-refractivity contribution in [1.82, 2.24) is 36.3 Å². The van der Waals surface area contributed by atoms with E-state index >= 15 is 0 Å². The summed E-state index contributed by atoms with van der Waals surface area (Å²) in [6.45, 7) is 18.6. The minimum Gasteiger partial charge on any atom is -0.458 e. The topological polar surface area (TPSA) is 258 Å². The molecule has 1 aromatic carbocycles. The van der Waals surface area contributed by atoms with Crippen LogP contribution in [0.3, 0.4) is 0 Å². The fourth-order valence-electron chi connectivity index (χ4n) is 6.88. The molecule has 0 aliphatic carbocycles. The van der Waals surface area contributed by atoms with Gasteiger partial charge < -0.3 is 54.4 Å². The van der Waals surface area contributed by atoms with Gasteiger partial charge >= 0.3 is 24.2 Å². The lowest BCUT2D eigenvalue weighted by Gasteiger charge is -2.26. The summed E-state index contributed by atoms with van der Waals surface area (Å²) >= 11 is 1.88. The number of nitrogens with one attached hydrogen (secondary N) is 5. The summed E-state index contributed by atoms with van der Waals surface area (Å²) in [6.07, 6.45) is 2.74. The lowest BCUT2D eigenvalue weighted by molar-refractivity contribution is -0.157. The first-order valence-corrected chi connectivity index (χ1v) is 24.6. The van der Waals surface area contributed by atoms with Crippen molar-refractivity contribution in [2.75, 3.05) is 63.9 Å². The molecule has 2 aliphatic rings. The summed E-state index contributed by atoms with van der Waals surface area (Å²) in [5.41, 5.74) is -1.45. The molecule has 0 saturated carbocycles. The van der Waals surface area contributed by atoms with Gasteiger partial charge in [-0.1, -0.05) is 23.5 Å². The van der Waals surface area contributed by atoms with Gasteiger partial charge in [0.15, 0.2) is 5.78 Å². The zero-order chi connectivity index (χ0) is 51.3. The largest absolute Gasteiger partial charge is 0.458 e. The van der Waals surface area contributed by atoms with Gasteiger partial charge in [0.05, 0.1) is 76.8 Å². The highest BCUT2D eigenvalue weighted by atomic mass is 32.2. The first kappa shape index (κ1) is 57.1. The molecular weight excluding hydrogens is 929 g/mol. The number of esters is 1. The Labute approximate surface area is 415 Å². The Bertz CT molecular complexity index is 2120. The van der Waals surface area contributed by atoms with Gasteiger partial charge in [0.25, 0.3) is 0 Å². The van der Waals surface area contributed by atoms with Gasteiger partial charge in [0.2, 0.25) is 5.91 Å². The molecule has 4 rings (SSSR count). The zero-order valence-electron chi connectivity index (χ0n) is 42.0. The molecule has 0 spiro atoms. The van der Waals surface area contributed by atoms with E-state index in [0.717, 1.165) is 25.0 Å². The number of carbonyl (C=O) groups is 6. The first-order chi connectivity index (χ1) is 33.0. The number of ketones is 1. The zero-order valence-corrected chi connectivity index (χ0v) is 42.8. The molecule has 0 bridgehead atoms. The summed E-state index contributed by atoms with van der Waals surface area (Å²) in [4.78, 5) is 76.1. The van der Waals surface area contributed by atoms with Crippen molar-refractivity contribution in [2.24, 2.45) is 0 Å². The molecule has 5 N–H and O–H groups in total. The Balaban J connectivity index is 1.11. The minimum atomic E-state index is -1.40. The van der Waals surface area contributed by atoms with E-state index < -0.39 is 53.2 Å². The maximum absolute atomic E-state index is 13.8. The van der Waals surface area contributed by atoms with Crippen LogP contribution in [0.1, 0.15) is 116 Å². The Morgan fingerprint density at radius 1 is 0.843 bits per heavy atom. The first-order valence-electron chi connectivity index (χ1n) is 23.6. The smallest absolute Gasteiger partial charge is 0.412 e. The predicted molar refractivity (Wildman–Crippen MR) is 260 cm³/mol. The summed E-state index contributed by atoms with van der Waals surface area (Å²) in [6, 6.07) is 3.48. The van der Waals surface area contributed by atoms with Crippen molar-refractivity contribution in [2.45, 2.75) is 148 Å². The number of nitrogens with zero attached hydrogens (tertiary/aromatic N) is 3. The van der Waals surface area contributed by atoms with Crippen LogP contribution in [0, 0.1) is 11.8 Å². The Morgan fingerprint density at radius 3 is 2.21 bits per heavy atom. The van der Waals surface area contributed by atoms with E-state index in [9.17, 15) is 28.8 Å². The number of alkyl carbamates (subject to hydrolysis) is 1. The number of anilines is 1. The number of benzene rings is 1. The van der Waals surface area contributed by atoms with Crippen LogP contribution < -0.4 is 26.6 Å². The average Bonchev–Trinajstić information content (AvgIpc) is 3.96. The second kappa shape index (κ2) is 27.8. The Morgan fingerprint density at radius 2 is 1.51 bits per heavy atom. The molecule has 21 nitrogen and oxygen atoms in total. The quantitative estimate of drug-likeness (QED) is 0.0210. The number of amides is 5. The van der Waals surface area contributed by atoms with E-state index in [4.69, 9.17) is 33.2 Å². The molecule has 388 valence electrons. The number of urea groups is 1. The number of carbonyl (C=O) groups excluding carboxylic acids is 6. The molecule has 0 unspecified atom stereocenters. The van der Waals surface area contributed by atoms with E-state index in [2.05, 4.69) is 48.7 Å². The molecule has 1 aromatic heterocycles. The number of unbranched alkanes of at least 4 members (excludes halogenated alkanes) is 1. The lowest BCUT2D eigenvalue weighted by Crippen LogP contribution is -2.47. The fourth-order valence-corrected chi connectivity index (χ4v) is 8.42. The number of ether oxygens (including phenoxy) is 7. The van der Waals surface area contributed by atoms with E-state index in [1.54, 1.807) is 79.3 Å². The highest BCUT2D eigenvalue weighted by Crippen LogP contribution is 2.33. The fraction of sp³-hybridized carbons (Fsp3) is 0.667. The number of hydrogen-bond donors (Lipinski definition) is 5. The van der Waals surface area contributed by atoms with E-state index in [-0.39, 0.29) is 48.5 Å². The summed E-state index contributed by atoms with van der Waals surface area (Å²) in [5.74, 6) is 5.40. The average molecular weight is 1000 g/mol. The van der Waals surface area contributed by atoms with Gasteiger partial charge in [-0.15, -0.1) is 5.10 Å². The maximum atomic E-state index is 13.8. The van der Waals surface area contributed by atoms with Crippen molar-refractivity contribution in [3.63, 3.8) is 0 Å². The maximum Gasteiger partial charge on any atom is 0.412 e. The van der Waals surface area contributed by atoms with E-state index in [1.807, 2.05) is 11.8 Å². The molecule has 2 fully saturated rings. The number of fused-ring (bicyclic) bond motifs is 1. The SMILES string of the molecule is CC(C)(C)OC(=O)Nc1cc(C#CCOCc2cn(CCOCCOCCOCCNC(=O)CCCC[C@@H]3SC[C@@H]4NC(=O)N[C@@H]43)nn2)ccc1C(=O)C[C@H](NC(=O)OC(C)(C)C)C(=O)OC(C)(C)C. The molecule has 22 heteroatoms. The van der Waals surface area contributed by atoms with Crippen LogP contribution in [-0.4, -0.2) is 150 Å². The van der Waals surface area contributed by atoms with Crippen molar-refractivity contribution in [3.8, 4) is 11.8 Å². The van der Waals surface area contributed by atoms with Crippen molar-refractivity contribution < 1.29 is 61.9 Å². The highest BCUT2D eigenvalue weighted by Gasteiger charge is 2.42. The lowest BCUT2D eigenvalue weighted by atomic mass is 10.00. The third-order valence-electron chi connectivity index (χ3n) is 9.83. The summed E-state index contributed by atoms with van der Waals surface area (Å²) in [7, 11) is 0. The van der Waals surface area contributed by atoms with Crippen molar-refractivity contribution in [3.05, 3.63) is 41.2 Å². The third-order valence-corrected chi connectivity index (χ3v) is 11.3. The van der Waals surface area contributed by atoms with Crippen molar-refractivity contribution in [1.29, 1.82) is 0 Å². The van der Waals surface area contributed by atoms with Crippen LogP contribution in [0.25, 0.3) is 0 Å². The van der Waals surface area contributed by atoms with Gasteiger partial charge in [-0.2, -0.15) is 11.8 Å². The van der Waals surface area contributed by atoms with Gasteiger partial charge in [0, 0.05) is 41.5 Å². The van der Waals surface area contributed by atoms with Gasteiger partial charge in [-0.3, -0.25) is 14.9 Å². The number of rotatable bonds is 26. The van der Waals surface area contributed by atoms with Crippen molar-refractivity contribution >= 4 is 53.3 Å². The molecule has 70 heavy (non-hydrogen) atoms. The third kappa shape index (κ3) is 22.5. The van der Waals surface area contributed by atoms with Crippen LogP contribution in [-0.2, 0) is 55.9 Å².